The molecule has 0 aromatic carbocycles. The lowest BCUT2D eigenvalue weighted by molar-refractivity contribution is 0.0702. The summed E-state index contributed by atoms with van der Waals surface area (Å²) in [6.45, 7) is 12.0. The molecule has 21 heavy (non-hydrogen) atoms. The van der Waals surface area contributed by atoms with Crippen molar-refractivity contribution in [2.24, 2.45) is 5.92 Å². The number of hydrogen-bond donors (Lipinski definition) is 1. The Morgan fingerprint density at radius 1 is 1.24 bits per heavy atom. The summed E-state index contributed by atoms with van der Waals surface area (Å²) in [5.41, 5.74) is 1.22. The van der Waals surface area contributed by atoms with Gasteiger partial charge in [-0.15, -0.1) is 0 Å². The van der Waals surface area contributed by atoms with Crippen LogP contribution in [-0.2, 0) is 17.9 Å². The van der Waals surface area contributed by atoms with E-state index in [1.807, 2.05) is 0 Å². The van der Waals surface area contributed by atoms with Crippen LogP contribution in [-0.4, -0.2) is 13.2 Å². The summed E-state index contributed by atoms with van der Waals surface area (Å²) in [4.78, 5) is 0. The van der Waals surface area contributed by atoms with Gasteiger partial charge < -0.3 is 14.5 Å². The SMILES string of the molecule is CCCCC(CC)COCc1cc(C)c(CNCCC)o1. The van der Waals surface area contributed by atoms with Crippen LogP contribution < -0.4 is 5.32 Å². The predicted octanol–water partition coefficient (Wildman–Crippen LogP) is 4.82. The van der Waals surface area contributed by atoms with Crippen LogP contribution in [0.15, 0.2) is 10.5 Å². The fourth-order valence-corrected chi connectivity index (χ4v) is 2.44. The van der Waals surface area contributed by atoms with Gasteiger partial charge in [0.05, 0.1) is 6.54 Å². The van der Waals surface area contributed by atoms with E-state index in [0.717, 1.165) is 37.6 Å². The van der Waals surface area contributed by atoms with Crippen LogP contribution in [0.25, 0.3) is 0 Å². The quantitative estimate of drug-likeness (QED) is 0.561. The molecule has 0 spiro atoms. The van der Waals surface area contributed by atoms with Gasteiger partial charge in [-0.1, -0.05) is 40.0 Å². The maximum Gasteiger partial charge on any atom is 0.130 e. The second-order valence-electron chi connectivity index (χ2n) is 5.93. The molecule has 0 aliphatic carbocycles. The molecule has 1 unspecified atom stereocenters. The minimum atomic E-state index is 0.594. The van der Waals surface area contributed by atoms with Crippen LogP contribution in [0.2, 0.25) is 0 Å². The molecule has 0 radical (unpaired) electrons. The summed E-state index contributed by atoms with van der Waals surface area (Å²) in [7, 11) is 0. The Morgan fingerprint density at radius 3 is 2.71 bits per heavy atom. The van der Waals surface area contributed by atoms with Gasteiger partial charge in [0.15, 0.2) is 0 Å². The molecule has 1 N–H and O–H groups in total. The highest BCUT2D eigenvalue weighted by atomic mass is 16.5. The van der Waals surface area contributed by atoms with Crippen LogP contribution in [0.5, 0.6) is 0 Å². The first-order valence-corrected chi connectivity index (χ1v) is 8.57. The Kier molecular flexibility index (Phi) is 9.44. The molecule has 1 atom stereocenters. The van der Waals surface area contributed by atoms with Crippen molar-refractivity contribution in [2.75, 3.05) is 13.2 Å². The molecule has 1 aromatic heterocycles. The van der Waals surface area contributed by atoms with Gasteiger partial charge in [0, 0.05) is 6.61 Å². The van der Waals surface area contributed by atoms with Crippen molar-refractivity contribution in [1.82, 2.24) is 5.32 Å². The van der Waals surface area contributed by atoms with Crippen molar-refractivity contribution in [2.45, 2.75) is 73.0 Å². The highest BCUT2D eigenvalue weighted by Gasteiger charge is 2.09. The van der Waals surface area contributed by atoms with Gasteiger partial charge in [-0.3, -0.25) is 0 Å². The molecule has 0 aliphatic heterocycles. The van der Waals surface area contributed by atoms with Gasteiger partial charge in [-0.05, 0) is 43.9 Å². The number of rotatable bonds is 12. The molecule has 1 aromatic rings. The lowest BCUT2D eigenvalue weighted by atomic mass is 10.0. The first kappa shape index (κ1) is 18.2. The first-order chi connectivity index (χ1) is 10.2. The molecule has 0 bridgehead atoms. The number of unbranched alkanes of at least 4 members (excludes halogenated alkanes) is 1. The fraction of sp³-hybridized carbons (Fsp3) is 0.778. The van der Waals surface area contributed by atoms with Gasteiger partial charge in [0.2, 0.25) is 0 Å². The zero-order valence-corrected chi connectivity index (χ0v) is 14.3. The summed E-state index contributed by atoms with van der Waals surface area (Å²) in [6.07, 6.45) is 6.18. The Morgan fingerprint density at radius 2 is 2.05 bits per heavy atom. The van der Waals surface area contributed by atoms with Crippen molar-refractivity contribution in [3.05, 3.63) is 23.2 Å². The highest BCUT2D eigenvalue weighted by molar-refractivity contribution is 5.19. The average molecular weight is 295 g/mol. The summed E-state index contributed by atoms with van der Waals surface area (Å²) in [5.74, 6) is 2.68. The van der Waals surface area contributed by atoms with Gasteiger partial charge >= 0.3 is 0 Å². The third-order valence-corrected chi connectivity index (χ3v) is 3.93. The molecular weight excluding hydrogens is 262 g/mol. The number of aryl methyl sites for hydroxylation is 1. The largest absolute Gasteiger partial charge is 0.462 e. The van der Waals surface area contributed by atoms with Gasteiger partial charge in [0.25, 0.3) is 0 Å². The van der Waals surface area contributed by atoms with Crippen molar-refractivity contribution in [1.29, 1.82) is 0 Å². The number of furan rings is 1. The van der Waals surface area contributed by atoms with Crippen LogP contribution >= 0.6 is 0 Å². The lowest BCUT2D eigenvalue weighted by Gasteiger charge is -2.13. The van der Waals surface area contributed by atoms with Crippen LogP contribution in [0.1, 0.15) is 70.0 Å². The molecule has 3 heteroatoms. The van der Waals surface area contributed by atoms with E-state index < -0.39 is 0 Å². The Hall–Kier alpha value is -0.800. The zero-order chi connectivity index (χ0) is 15.5. The predicted molar refractivity (Wildman–Crippen MR) is 88.4 cm³/mol. The second-order valence-corrected chi connectivity index (χ2v) is 5.93. The summed E-state index contributed by atoms with van der Waals surface area (Å²) >= 11 is 0. The molecule has 0 aliphatic rings. The van der Waals surface area contributed by atoms with Crippen molar-refractivity contribution >= 4 is 0 Å². The third kappa shape index (κ3) is 7.14. The molecule has 3 nitrogen and oxygen atoms in total. The van der Waals surface area contributed by atoms with E-state index in [1.54, 1.807) is 0 Å². The van der Waals surface area contributed by atoms with E-state index in [4.69, 9.17) is 9.15 Å². The standard InChI is InChI=1S/C18H33NO2/c1-5-8-9-16(7-3)13-20-14-17-11-15(4)18(21-17)12-19-10-6-2/h11,16,19H,5-10,12-14H2,1-4H3. The molecule has 1 heterocycles. The van der Waals surface area contributed by atoms with Crippen LogP contribution in [0.4, 0.5) is 0 Å². The molecule has 0 fully saturated rings. The molecule has 0 saturated heterocycles. The average Bonchev–Trinajstić information content (AvgIpc) is 2.83. The highest BCUT2D eigenvalue weighted by Crippen LogP contribution is 2.17. The summed E-state index contributed by atoms with van der Waals surface area (Å²) in [5, 5.41) is 3.38. The fourth-order valence-electron chi connectivity index (χ4n) is 2.44. The molecule has 122 valence electrons. The monoisotopic (exact) mass is 295 g/mol. The van der Waals surface area contributed by atoms with Crippen molar-refractivity contribution < 1.29 is 9.15 Å². The maximum absolute atomic E-state index is 5.87. The Bertz CT molecular complexity index is 373. The summed E-state index contributed by atoms with van der Waals surface area (Å²) in [6, 6.07) is 2.11. The zero-order valence-electron chi connectivity index (χ0n) is 14.3. The van der Waals surface area contributed by atoms with E-state index in [-0.39, 0.29) is 0 Å². The normalized spacial score (nSPS) is 12.8. The first-order valence-electron chi connectivity index (χ1n) is 8.57. The van der Waals surface area contributed by atoms with Gasteiger partial charge in [-0.2, -0.15) is 0 Å². The van der Waals surface area contributed by atoms with Crippen molar-refractivity contribution in [3.63, 3.8) is 0 Å². The molecule has 0 saturated carbocycles. The molecule has 1 rings (SSSR count). The lowest BCUT2D eigenvalue weighted by Crippen LogP contribution is -2.13. The number of hydrogen-bond acceptors (Lipinski definition) is 3. The smallest absolute Gasteiger partial charge is 0.130 e. The summed E-state index contributed by atoms with van der Waals surface area (Å²) < 4.78 is 11.7. The maximum atomic E-state index is 5.87. The van der Waals surface area contributed by atoms with E-state index in [9.17, 15) is 0 Å². The van der Waals surface area contributed by atoms with Gasteiger partial charge in [0.1, 0.15) is 18.1 Å². The second kappa shape index (κ2) is 10.9. The molecule has 0 amide bonds. The van der Waals surface area contributed by atoms with E-state index >= 15 is 0 Å². The van der Waals surface area contributed by atoms with E-state index in [1.165, 1.54) is 31.2 Å². The van der Waals surface area contributed by atoms with Crippen molar-refractivity contribution in [3.8, 4) is 0 Å². The van der Waals surface area contributed by atoms with Crippen LogP contribution in [0.3, 0.4) is 0 Å². The molecular formula is C18H33NO2. The topological polar surface area (TPSA) is 34.4 Å². The minimum Gasteiger partial charge on any atom is -0.462 e. The van der Waals surface area contributed by atoms with E-state index in [0.29, 0.717) is 12.5 Å². The van der Waals surface area contributed by atoms with Crippen LogP contribution in [0, 0.1) is 12.8 Å². The number of ether oxygens (including phenoxy) is 1. The number of nitrogens with one attached hydrogen (secondary N) is 1. The Labute approximate surface area is 130 Å². The Balaban J connectivity index is 2.32. The van der Waals surface area contributed by atoms with E-state index in [2.05, 4.69) is 39.1 Å². The third-order valence-electron chi connectivity index (χ3n) is 3.93. The van der Waals surface area contributed by atoms with Gasteiger partial charge in [-0.25, -0.2) is 0 Å². The minimum absolute atomic E-state index is 0.594.